The Morgan fingerprint density at radius 1 is 0.913 bits per heavy atom. The summed E-state index contributed by atoms with van der Waals surface area (Å²) in [7, 11) is 0. The zero-order chi connectivity index (χ0) is 16.3. The molecule has 2 aromatic carbocycles. The predicted molar refractivity (Wildman–Crippen MR) is 91.4 cm³/mol. The van der Waals surface area contributed by atoms with Gasteiger partial charge in [-0.25, -0.2) is 0 Å². The van der Waals surface area contributed by atoms with Crippen molar-refractivity contribution in [2.24, 2.45) is 0 Å². The number of nitrogens with zero attached hydrogens (tertiary/aromatic N) is 1. The van der Waals surface area contributed by atoms with Crippen LogP contribution in [0.25, 0.3) is 11.3 Å². The molecule has 0 bridgehead atoms. The van der Waals surface area contributed by atoms with E-state index in [0.717, 1.165) is 17.0 Å². The largest absolute Gasteiger partial charge is 0.489 e. The summed E-state index contributed by atoms with van der Waals surface area (Å²) in [6.07, 6.45) is 1.57. The van der Waals surface area contributed by atoms with Gasteiger partial charge in [-0.3, -0.25) is 0 Å². The molecule has 0 saturated heterocycles. The maximum atomic E-state index is 5.85. The van der Waals surface area contributed by atoms with Crippen LogP contribution in [0.3, 0.4) is 0 Å². The number of benzene rings is 2. The Kier molecular flexibility index (Phi) is 4.20. The van der Waals surface area contributed by atoms with Crippen molar-refractivity contribution in [3.63, 3.8) is 0 Å². The molecule has 3 heteroatoms. The summed E-state index contributed by atoms with van der Waals surface area (Å²) in [5.74, 6) is 0.845. The van der Waals surface area contributed by atoms with E-state index < -0.39 is 0 Å². The molecular weight excluding hydrogens is 286 g/mol. The first kappa shape index (κ1) is 15.3. The molecule has 1 aromatic heterocycles. The highest BCUT2D eigenvalue weighted by Gasteiger charge is 2.12. The average molecular weight is 307 g/mol. The molecule has 0 amide bonds. The molecule has 23 heavy (non-hydrogen) atoms. The van der Waals surface area contributed by atoms with Gasteiger partial charge >= 0.3 is 0 Å². The fraction of sp³-hybridized carbons (Fsp3) is 0.250. The Labute approximate surface area is 136 Å². The highest BCUT2D eigenvalue weighted by molar-refractivity contribution is 5.59. The molecule has 3 nitrogen and oxygen atoms in total. The topological polar surface area (TPSA) is 35.3 Å². The first-order chi connectivity index (χ1) is 11.0. The van der Waals surface area contributed by atoms with Crippen LogP contribution >= 0.6 is 0 Å². The van der Waals surface area contributed by atoms with Crippen molar-refractivity contribution in [1.82, 2.24) is 5.16 Å². The molecule has 118 valence electrons. The van der Waals surface area contributed by atoms with Crippen molar-refractivity contribution >= 4 is 0 Å². The summed E-state index contributed by atoms with van der Waals surface area (Å²) in [5, 5.41) is 3.92. The molecule has 0 radical (unpaired) electrons. The van der Waals surface area contributed by atoms with Crippen molar-refractivity contribution in [3.8, 4) is 17.0 Å². The van der Waals surface area contributed by atoms with Crippen LogP contribution in [0.5, 0.6) is 5.75 Å². The summed E-state index contributed by atoms with van der Waals surface area (Å²) in [5.41, 5.74) is 4.52. The number of aromatic nitrogens is 1. The van der Waals surface area contributed by atoms with Crippen molar-refractivity contribution in [3.05, 3.63) is 72.0 Å². The van der Waals surface area contributed by atoms with Gasteiger partial charge in [-0.15, -0.1) is 0 Å². The van der Waals surface area contributed by atoms with E-state index in [9.17, 15) is 0 Å². The average Bonchev–Trinajstić information content (AvgIpc) is 3.07. The third kappa shape index (κ3) is 3.81. The Hall–Kier alpha value is -2.55. The maximum absolute atomic E-state index is 5.85. The SMILES string of the molecule is CC(C)(C)c1ccc(COc2ccc(-c3ccon3)cc2)cc1. The Bertz CT molecular complexity index is 736. The van der Waals surface area contributed by atoms with E-state index in [2.05, 4.69) is 50.2 Å². The quantitative estimate of drug-likeness (QED) is 0.663. The minimum atomic E-state index is 0.177. The molecule has 3 aromatic rings. The van der Waals surface area contributed by atoms with Crippen molar-refractivity contribution in [2.45, 2.75) is 32.8 Å². The van der Waals surface area contributed by atoms with Crippen LogP contribution in [-0.4, -0.2) is 5.16 Å². The first-order valence-electron chi connectivity index (χ1n) is 7.75. The Morgan fingerprint density at radius 3 is 2.17 bits per heavy atom. The zero-order valence-electron chi connectivity index (χ0n) is 13.7. The summed E-state index contributed by atoms with van der Waals surface area (Å²) in [6, 6.07) is 18.3. The van der Waals surface area contributed by atoms with E-state index in [1.165, 1.54) is 11.1 Å². The van der Waals surface area contributed by atoms with Crippen LogP contribution in [0.15, 0.2) is 65.4 Å². The van der Waals surface area contributed by atoms with Gasteiger partial charge in [-0.1, -0.05) is 50.2 Å². The van der Waals surface area contributed by atoms with Crippen LogP contribution in [0, 0.1) is 0 Å². The van der Waals surface area contributed by atoms with Gasteiger partial charge in [-0.05, 0) is 40.8 Å². The van der Waals surface area contributed by atoms with Gasteiger partial charge in [-0.2, -0.15) is 0 Å². The van der Waals surface area contributed by atoms with Crippen molar-refractivity contribution in [1.29, 1.82) is 0 Å². The van der Waals surface area contributed by atoms with Gasteiger partial charge in [0.2, 0.25) is 0 Å². The fourth-order valence-corrected chi connectivity index (χ4v) is 2.35. The first-order valence-corrected chi connectivity index (χ1v) is 7.75. The molecule has 0 atom stereocenters. The summed E-state index contributed by atoms with van der Waals surface area (Å²) in [4.78, 5) is 0. The lowest BCUT2D eigenvalue weighted by atomic mass is 9.87. The van der Waals surface area contributed by atoms with Crippen LogP contribution in [0.1, 0.15) is 31.9 Å². The fourth-order valence-electron chi connectivity index (χ4n) is 2.35. The summed E-state index contributed by atoms with van der Waals surface area (Å²) in [6.45, 7) is 7.21. The lowest BCUT2D eigenvalue weighted by molar-refractivity contribution is 0.306. The molecular formula is C20H21NO2. The van der Waals surface area contributed by atoms with Crippen LogP contribution < -0.4 is 4.74 Å². The molecule has 0 aliphatic rings. The lowest BCUT2D eigenvalue weighted by Gasteiger charge is -2.19. The lowest BCUT2D eigenvalue weighted by Crippen LogP contribution is -2.10. The summed E-state index contributed by atoms with van der Waals surface area (Å²) >= 11 is 0. The van der Waals surface area contributed by atoms with Gasteiger partial charge < -0.3 is 9.26 Å². The monoisotopic (exact) mass is 307 g/mol. The molecule has 0 aliphatic carbocycles. The van der Waals surface area contributed by atoms with Gasteiger partial charge in [0.25, 0.3) is 0 Å². The third-order valence-electron chi connectivity index (χ3n) is 3.81. The van der Waals surface area contributed by atoms with Crippen LogP contribution in [0.4, 0.5) is 0 Å². The number of hydrogen-bond acceptors (Lipinski definition) is 3. The van der Waals surface area contributed by atoms with E-state index in [0.29, 0.717) is 6.61 Å². The van der Waals surface area contributed by atoms with E-state index in [1.807, 2.05) is 30.3 Å². The van der Waals surface area contributed by atoms with Gasteiger partial charge in [0, 0.05) is 11.6 Å². The zero-order valence-corrected chi connectivity index (χ0v) is 13.7. The standard InChI is InChI=1S/C20H21NO2/c1-20(2,3)17-8-4-15(5-9-17)14-22-18-10-6-16(7-11-18)19-12-13-23-21-19/h4-13H,14H2,1-3H3. The van der Waals surface area contributed by atoms with Gasteiger partial charge in [0.05, 0.1) is 0 Å². The Morgan fingerprint density at radius 2 is 1.61 bits per heavy atom. The molecule has 0 spiro atoms. The second-order valence-corrected chi connectivity index (χ2v) is 6.64. The molecule has 0 N–H and O–H groups in total. The van der Waals surface area contributed by atoms with E-state index in [-0.39, 0.29) is 5.41 Å². The molecule has 3 rings (SSSR count). The van der Waals surface area contributed by atoms with Gasteiger partial charge in [0.1, 0.15) is 24.3 Å². The molecule has 0 unspecified atom stereocenters. The highest BCUT2D eigenvalue weighted by Crippen LogP contribution is 2.24. The van der Waals surface area contributed by atoms with E-state index in [1.54, 1.807) is 6.26 Å². The molecule has 0 saturated carbocycles. The third-order valence-corrected chi connectivity index (χ3v) is 3.81. The van der Waals surface area contributed by atoms with E-state index in [4.69, 9.17) is 9.26 Å². The van der Waals surface area contributed by atoms with Crippen molar-refractivity contribution < 1.29 is 9.26 Å². The predicted octanol–water partition coefficient (Wildman–Crippen LogP) is 5.22. The molecule has 0 aliphatic heterocycles. The minimum absolute atomic E-state index is 0.177. The normalized spacial score (nSPS) is 11.4. The number of hydrogen-bond donors (Lipinski definition) is 0. The maximum Gasteiger partial charge on any atom is 0.124 e. The summed E-state index contributed by atoms with van der Waals surface area (Å²) < 4.78 is 10.7. The van der Waals surface area contributed by atoms with Crippen molar-refractivity contribution in [2.75, 3.05) is 0 Å². The minimum Gasteiger partial charge on any atom is -0.489 e. The second-order valence-electron chi connectivity index (χ2n) is 6.64. The smallest absolute Gasteiger partial charge is 0.124 e. The van der Waals surface area contributed by atoms with Crippen LogP contribution in [-0.2, 0) is 12.0 Å². The second kappa shape index (κ2) is 6.29. The highest BCUT2D eigenvalue weighted by atomic mass is 16.5. The number of rotatable bonds is 4. The molecule has 0 fully saturated rings. The molecule has 1 heterocycles. The number of ether oxygens (including phenoxy) is 1. The van der Waals surface area contributed by atoms with Crippen LogP contribution in [0.2, 0.25) is 0 Å². The van der Waals surface area contributed by atoms with E-state index >= 15 is 0 Å². The Balaban J connectivity index is 1.62. The van der Waals surface area contributed by atoms with Gasteiger partial charge in [0.15, 0.2) is 0 Å².